The quantitative estimate of drug-likeness (QED) is 0.199. The zero-order valence-electron chi connectivity index (χ0n) is 13.2. The highest BCUT2D eigenvalue weighted by Gasteiger charge is 2.15. The van der Waals surface area contributed by atoms with Gasteiger partial charge in [-0.25, -0.2) is 0 Å². The Morgan fingerprint density at radius 2 is 1.33 bits per heavy atom. The molecule has 8 nitrogen and oxygen atoms in total. The number of hydrogen-bond donors (Lipinski definition) is 0. The van der Waals surface area contributed by atoms with Gasteiger partial charge in [-0.3, -0.25) is 0 Å². The van der Waals surface area contributed by atoms with Gasteiger partial charge in [-0.15, -0.1) is 0 Å². The highest BCUT2D eigenvalue weighted by molar-refractivity contribution is 4.65. The molecule has 124 valence electrons. The van der Waals surface area contributed by atoms with Crippen molar-refractivity contribution in [1.82, 2.24) is 0 Å². The SMILES string of the molecule is COC(C)(C)COCCOCCOCCOCCN=[N+]=[N-]. The van der Waals surface area contributed by atoms with Crippen molar-refractivity contribution in [3.63, 3.8) is 0 Å². The predicted octanol–water partition coefficient (Wildman–Crippen LogP) is 1.79. The van der Waals surface area contributed by atoms with Crippen molar-refractivity contribution in [2.75, 3.05) is 66.5 Å². The van der Waals surface area contributed by atoms with E-state index in [0.29, 0.717) is 59.4 Å². The van der Waals surface area contributed by atoms with Gasteiger partial charge in [0.15, 0.2) is 0 Å². The molecular formula is C13H27N3O5. The molecule has 0 aromatic heterocycles. The molecular weight excluding hydrogens is 278 g/mol. The van der Waals surface area contributed by atoms with E-state index in [1.165, 1.54) is 0 Å². The van der Waals surface area contributed by atoms with Crippen molar-refractivity contribution < 1.29 is 23.7 Å². The van der Waals surface area contributed by atoms with Gasteiger partial charge in [0, 0.05) is 18.6 Å². The Labute approximate surface area is 126 Å². The van der Waals surface area contributed by atoms with Crippen LogP contribution in [0.2, 0.25) is 0 Å². The topological polar surface area (TPSA) is 94.9 Å². The van der Waals surface area contributed by atoms with Gasteiger partial charge in [0.2, 0.25) is 0 Å². The fraction of sp³-hybridized carbons (Fsp3) is 1.00. The van der Waals surface area contributed by atoms with E-state index in [2.05, 4.69) is 10.0 Å². The molecule has 0 aliphatic rings. The van der Waals surface area contributed by atoms with Crippen molar-refractivity contribution >= 4 is 0 Å². The Kier molecular flexibility index (Phi) is 13.5. The molecule has 0 aromatic carbocycles. The second kappa shape index (κ2) is 14.1. The van der Waals surface area contributed by atoms with Crippen LogP contribution in [-0.4, -0.2) is 72.1 Å². The molecule has 0 heterocycles. The van der Waals surface area contributed by atoms with E-state index in [1.54, 1.807) is 7.11 Å². The second-order valence-corrected chi connectivity index (χ2v) is 4.81. The molecule has 0 spiro atoms. The third-order valence-electron chi connectivity index (χ3n) is 2.52. The number of rotatable bonds is 15. The summed E-state index contributed by atoms with van der Waals surface area (Å²) in [6.45, 7) is 8.33. The first-order valence-electron chi connectivity index (χ1n) is 6.99. The van der Waals surface area contributed by atoms with Gasteiger partial charge in [-0.05, 0) is 19.4 Å². The third kappa shape index (κ3) is 15.3. The van der Waals surface area contributed by atoms with Crippen molar-refractivity contribution in [1.29, 1.82) is 0 Å². The second-order valence-electron chi connectivity index (χ2n) is 4.81. The summed E-state index contributed by atoms with van der Waals surface area (Å²) in [6.07, 6.45) is 0. The number of nitrogens with zero attached hydrogens (tertiary/aromatic N) is 3. The molecule has 0 saturated heterocycles. The van der Waals surface area contributed by atoms with E-state index in [1.807, 2.05) is 13.8 Å². The van der Waals surface area contributed by atoms with Crippen molar-refractivity contribution in [2.24, 2.45) is 5.11 Å². The lowest BCUT2D eigenvalue weighted by atomic mass is 10.1. The minimum absolute atomic E-state index is 0.262. The van der Waals surface area contributed by atoms with Gasteiger partial charge >= 0.3 is 0 Å². The lowest BCUT2D eigenvalue weighted by Gasteiger charge is -2.22. The standard InChI is InChI=1S/C13H27N3O5/c1-13(2,17-3)12-21-11-10-20-9-8-19-7-6-18-5-4-15-16-14/h4-12H2,1-3H3. The van der Waals surface area contributed by atoms with Gasteiger partial charge in [0.1, 0.15) is 0 Å². The molecule has 0 saturated carbocycles. The summed E-state index contributed by atoms with van der Waals surface area (Å²) in [7, 11) is 1.66. The van der Waals surface area contributed by atoms with Crippen LogP contribution in [0.3, 0.4) is 0 Å². The van der Waals surface area contributed by atoms with Crippen LogP contribution in [0.1, 0.15) is 13.8 Å². The number of ether oxygens (including phenoxy) is 5. The Bertz CT molecular complexity index is 283. The Morgan fingerprint density at radius 3 is 1.81 bits per heavy atom. The van der Waals surface area contributed by atoms with Crippen molar-refractivity contribution in [3.8, 4) is 0 Å². The van der Waals surface area contributed by atoms with Crippen LogP contribution in [-0.2, 0) is 23.7 Å². The Hall–Kier alpha value is -0.890. The summed E-state index contributed by atoms with van der Waals surface area (Å²) in [5.41, 5.74) is 7.78. The molecule has 0 rings (SSSR count). The third-order valence-corrected chi connectivity index (χ3v) is 2.52. The predicted molar refractivity (Wildman–Crippen MR) is 78.4 cm³/mol. The fourth-order valence-electron chi connectivity index (χ4n) is 1.19. The summed E-state index contributed by atoms with van der Waals surface area (Å²) in [4.78, 5) is 2.62. The van der Waals surface area contributed by atoms with Crippen LogP contribution in [0.5, 0.6) is 0 Å². The molecule has 0 aliphatic carbocycles. The molecule has 21 heavy (non-hydrogen) atoms. The molecule has 0 aliphatic heterocycles. The first kappa shape index (κ1) is 20.1. The molecule has 8 heteroatoms. The van der Waals surface area contributed by atoms with Crippen molar-refractivity contribution in [3.05, 3.63) is 10.4 Å². The normalized spacial score (nSPS) is 11.4. The maximum absolute atomic E-state index is 8.04. The lowest BCUT2D eigenvalue weighted by molar-refractivity contribution is -0.0643. The van der Waals surface area contributed by atoms with E-state index in [0.717, 1.165) is 0 Å². The maximum atomic E-state index is 8.04. The first-order chi connectivity index (χ1) is 10.1. The van der Waals surface area contributed by atoms with E-state index in [9.17, 15) is 0 Å². The highest BCUT2D eigenvalue weighted by atomic mass is 16.6. The average molecular weight is 305 g/mol. The number of hydrogen-bond acceptors (Lipinski definition) is 6. The van der Waals surface area contributed by atoms with Crippen LogP contribution >= 0.6 is 0 Å². The number of methoxy groups -OCH3 is 1. The Balaban J connectivity index is 3.11. The van der Waals surface area contributed by atoms with Gasteiger partial charge in [-0.2, -0.15) is 0 Å². The molecule has 0 fully saturated rings. The fourth-order valence-corrected chi connectivity index (χ4v) is 1.19. The average Bonchev–Trinajstić information content (AvgIpc) is 2.47. The maximum Gasteiger partial charge on any atom is 0.0855 e. The lowest BCUT2D eigenvalue weighted by Crippen LogP contribution is -2.29. The van der Waals surface area contributed by atoms with Crippen LogP contribution in [0, 0.1) is 0 Å². The molecule has 0 atom stereocenters. The van der Waals surface area contributed by atoms with Crippen LogP contribution in [0.25, 0.3) is 10.4 Å². The summed E-state index contributed by atoms with van der Waals surface area (Å²) in [5, 5.41) is 3.35. The van der Waals surface area contributed by atoms with Gasteiger partial charge in [-0.1, -0.05) is 5.11 Å². The Morgan fingerprint density at radius 1 is 0.857 bits per heavy atom. The van der Waals surface area contributed by atoms with Gasteiger partial charge in [0.05, 0.1) is 58.5 Å². The van der Waals surface area contributed by atoms with Crippen LogP contribution < -0.4 is 0 Å². The smallest absolute Gasteiger partial charge is 0.0855 e. The van der Waals surface area contributed by atoms with Gasteiger partial charge < -0.3 is 23.7 Å². The summed E-state index contributed by atoms with van der Waals surface area (Å²) >= 11 is 0. The minimum atomic E-state index is -0.262. The number of azide groups is 1. The van der Waals surface area contributed by atoms with E-state index in [4.69, 9.17) is 29.2 Å². The molecule has 0 radical (unpaired) electrons. The summed E-state index contributed by atoms with van der Waals surface area (Å²) in [5.74, 6) is 0. The van der Waals surface area contributed by atoms with E-state index in [-0.39, 0.29) is 5.60 Å². The highest BCUT2D eigenvalue weighted by Crippen LogP contribution is 2.06. The molecule has 0 N–H and O–H groups in total. The zero-order valence-corrected chi connectivity index (χ0v) is 13.2. The molecule has 0 bridgehead atoms. The van der Waals surface area contributed by atoms with Crippen molar-refractivity contribution in [2.45, 2.75) is 19.4 Å². The molecule has 0 unspecified atom stereocenters. The largest absolute Gasteiger partial charge is 0.379 e. The summed E-state index contributed by atoms with van der Waals surface area (Å²) < 4.78 is 26.5. The van der Waals surface area contributed by atoms with Crippen LogP contribution in [0.15, 0.2) is 5.11 Å². The monoisotopic (exact) mass is 305 g/mol. The van der Waals surface area contributed by atoms with E-state index < -0.39 is 0 Å². The molecule has 0 aromatic rings. The summed E-state index contributed by atoms with van der Waals surface area (Å²) in [6, 6.07) is 0. The van der Waals surface area contributed by atoms with E-state index >= 15 is 0 Å². The zero-order chi connectivity index (χ0) is 15.8. The van der Waals surface area contributed by atoms with Crippen LogP contribution in [0.4, 0.5) is 0 Å². The first-order valence-corrected chi connectivity index (χ1v) is 6.99. The minimum Gasteiger partial charge on any atom is -0.379 e. The molecule has 0 amide bonds. The van der Waals surface area contributed by atoms with Gasteiger partial charge in [0.25, 0.3) is 0 Å².